The summed E-state index contributed by atoms with van der Waals surface area (Å²) < 4.78 is 0. The number of carboxylic acid groups (broad SMARTS) is 1. The Labute approximate surface area is 138 Å². The van der Waals surface area contributed by atoms with Crippen LogP contribution in [0.2, 0.25) is 0 Å². The number of H-pyrrole nitrogens is 1. The van der Waals surface area contributed by atoms with Crippen LogP contribution in [-0.4, -0.2) is 46.5 Å². The van der Waals surface area contributed by atoms with E-state index in [2.05, 4.69) is 15.6 Å². The molecule has 2 amide bonds. The van der Waals surface area contributed by atoms with Crippen LogP contribution in [0.4, 0.5) is 0 Å². The van der Waals surface area contributed by atoms with Gasteiger partial charge in [0.2, 0.25) is 11.8 Å². The van der Waals surface area contributed by atoms with Crippen molar-refractivity contribution in [2.24, 2.45) is 5.73 Å². The standard InChI is InChI=1S/C16H20N4O4/c1-9(16(23)24)20-14(21)8-19-15(22)12(17)6-10-7-18-13-5-3-2-4-11(10)13/h2-5,7,9,12,18H,6,8,17H2,1H3,(H,19,22)(H,20,21)(H,23,24). The summed E-state index contributed by atoms with van der Waals surface area (Å²) in [5.41, 5.74) is 7.76. The van der Waals surface area contributed by atoms with Gasteiger partial charge in [-0.15, -0.1) is 0 Å². The first-order valence-corrected chi connectivity index (χ1v) is 7.49. The van der Waals surface area contributed by atoms with E-state index in [1.807, 2.05) is 24.3 Å². The fraction of sp³-hybridized carbons (Fsp3) is 0.312. The number of aliphatic carboxylic acids is 1. The summed E-state index contributed by atoms with van der Waals surface area (Å²) in [7, 11) is 0. The third kappa shape index (κ3) is 4.32. The number of amides is 2. The van der Waals surface area contributed by atoms with Crippen molar-refractivity contribution >= 4 is 28.7 Å². The Morgan fingerprint density at radius 2 is 2.00 bits per heavy atom. The molecule has 2 aromatic rings. The summed E-state index contributed by atoms with van der Waals surface area (Å²) in [6, 6.07) is 5.85. The number of aromatic nitrogens is 1. The van der Waals surface area contributed by atoms with E-state index in [4.69, 9.17) is 10.8 Å². The number of hydrogen-bond donors (Lipinski definition) is 5. The number of aromatic amines is 1. The van der Waals surface area contributed by atoms with E-state index in [9.17, 15) is 14.4 Å². The molecule has 6 N–H and O–H groups in total. The van der Waals surface area contributed by atoms with Crippen molar-refractivity contribution < 1.29 is 19.5 Å². The fourth-order valence-corrected chi connectivity index (χ4v) is 2.28. The number of nitrogens with one attached hydrogen (secondary N) is 3. The maximum Gasteiger partial charge on any atom is 0.325 e. The summed E-state index contributed by atoms with van der Waals surface area (Å²) in [5, 5.41) is 14.3. The summed E-state index contributed by atoms with van der Waals surface area (Å²) in [4.78, 5) is 37.3. The van der Waals surface area contributed by atoms with Gasteiger partial charge in [-0.1, -0.05) is 18.2 Å². The van der Waals surface area contributed by atoms with Crippen molar-refractivity contribution in [3.8, 4) is 0 Å². The van der Waals surface area contributed by atoms with Crippen molar-refractivity contribution in [2.75, 3.05) is 6.54 Å². The minimum atomic E-state index is -1.15. The quantitative estimate of drug-likeness (QED) is 0.476. The lowest BCUT2D eigenvalue weighted by Crippen LogP contribution is -2.48. The van der Waals surface area contributed by atoms with Gasteiger partial charge in [0.25, 0.3) is 0 Å². The van der Waals surface area contributed by atoms with Gasteiger partial charge in [0, 0.05) is 17.1 Å². The molecule has 128 valence electrons. The number of carbonyl (C=O) groups excluding carboxylic acids is 2. The lowest BCUT2D eigenvalue weighted by molar-refractivity contribution is -0.141. The number of fused-ring (bicyclic) bond motifs is 1. The normalized spacial score (nSPS) is 13.2. The molecule has 1 aromatic carbocycles. The predicted molar refractivity (Wildman–Crippen MR) is 88.2 cm³/mol. The predicted octanol–water partition coefficient (Wildman–Crippen LogP) is -0.257. The average Bonchev–Trinajstić information content (AvgIpc) is 2.95. The van der Waals surface area contributed by atoms with Crippen LogP contribution in [-0.2, 0) is 20.8 Å². The molecule has 0 saturated heterocycles. The van der Waals surface area contributed by atoms with Gasteiger partial charge in [-0.2, -0.15) is 0 Å². The highest BCUT2D eigenvalue weighted by molar-refractivity contribution is 5.90. The second-order valence-electron chi connectivity index (χ2n) is 5.52. The van der Waals surface area contributed by atoms with Gasteiger partial charge < -0.3 is 26.5 Å². The van der Waals surface area contributed by atoms with Gasteiger partial charge in [0.1, 0.15) is 6.04 Å². The lowest BCUT2D eigenvalue weighted by atomic mass is 10.1. The van der Waals surface area contributed by atoms with Crippen LogP contribution in [0.15, 0.2) is 30.5 Å². The van der Waals surface area contributed by atoms with E-state index in [1.165, 1.54) is 6.92 Å². The molecule has 8 nitrogen and oxygen atoms in total. The maximum atomic E-state index is 12.0. The molecule has 24 heavy (non-hydrogen) atoms. The van der Waals surface area contributed by atoms with Gasteiger partial charge in [-0.3, -0.25) is 14.4 Å². The number of hydrogen-bond acceptors (Lipinski definition) is 4. The molecule has 8 heteroatoms. The van der Waals surface area contributed by atoms with Gasteiger partial charge in [-0.05, 0) is 25.0 Å². The minimum absolute atomic E-state index is 0.321. The number of para-hydroxylation sites is 1. The van der Waals surface area contributed by atoms with E-state index in [-0.39, 0.29) is 6.54 Å². The average molecular weight is 332 g/mol. The smallest absolute Gasteiger partial charge is 0.325 e. The summed E-state index contributed by atoms with van der Waals surface area (Å²) >= 11 is 0. The first-order chi connectivity index (χ1) is 11.4. The molecule has 0 aliphatic rings. The van der Waals surface area contributed by atoms with Crippen molar-refractivity contribution in [3.63, 3.8) is 0 Å². The molecule has 2 unspecified atom stereocenters. The van der Waals surface area contributed by atoms with Crippen LogP contribution >= 0.6 is 0 Å². The molecule has 0 aliphatic carbocycles. The lowest BCUT2D eigenvalue weighted by Gasteiger charge is -2.13. The third-order valence-electron chi connectivity index (χ3n) is 3.62. The van der Waals surface area contributed by atoms with Gasteiger partial charge in [0.05, 0.1) is 12.6 Å². The van der Waals surface area contributed by atoms with Crippen LogP contribution in [0.25, 0.3) is 10.9 Å². The van der Waals surface area contributed by atoms with E-state index in [0.29, 0.717) is 6.42 Å². The number of carbonyl (C=O) groups is 3. The Morgan fingerprint density at radius 1 is 1.29 bits per heavy atom. The van der Waals surface area contributed by atoms with Crippen molar-refractivity contribution in [1.82, 2.24) is 15.6 Å². The molecule has 0 bridgehead atoms. The van der Waals surface area contributed by atoms with Gasteiger partial charge in [0.15, 0.2) is 0 Å². The summed E-state index contributed by atoms with van der Waals surface area (Å²) in [6.07, 6.45) is 2.13. The first-order valence-electron chi connectivity index (χ1n) is 7.49. The summed E-state index contributed by atoms with van der Waals surface area (Å²) in [5.74, 6) is -2.21. The highest BCUT2D eigenvalue weighted by Crippen LogP contribution is 2.18. The molecule has 0 radical (unpaired) electrons. The molecule has 2 atom stereocenters. The van der Waals surface area contributed by atoms with Crippen LogP contribution in [0.5, 0.6) is 0 Å². The monoisotopic (exact) mass is 332 g/mol. The molecule has 0 fully saturated rings. The fourth-order valence-electron chi connectivity index (χ4n) is 2.28. The highest BCUT2D eigenvalue weighted by atomic mass is 16.4. The van der Waals surface area contributed by atoms with Crippen LogP contribution in [0, 0.1) is 0 Å². The zero-order valence-electron chi connectivity index (χ0n) is 13.2. The molecule has 0 spiro atoms. The molecule has 0 aliphatic heterocycles. The highest BCUT2D eigenvalue weighted by Gasteiger charge is 2.18. The first kappa shape index (κ1) is 17.5. The molecule has 2 rings (SSSR count). The molecule has 1 aromatic heterocycles. The molecular formula is C16H20N4O4. The van der Waals surface area contributed by atoms with Crippen molar-refractivity contribution in [1.29, 1.82) is 0 Å². The molecular weight excluding hydrogens is 312 g/mol. The Kier molecular flexibility index (Phi) is 5.54. The van der Waals surface area contributed by atoms with Crippen LogP contribution in [0.1, 0.15) is 12.5 Å². The zero-order chi connectivity index (χ0) is 17.7. The molecule has 0 saturated carbocycles. The Morgan fingerprint density at radius 3 is 2.71 bits per heavy atom. The Balaban J connectivity index is 1.86. The van der Waals surface area contributed by atoms with Crippen molar-refractivity contribution in [3.05, 3.63) is 36.0 Å². The number of carboxylic acids is 1. The second-order valence-corrected chi connectivity index (χ2v) is 5.52. The Hall–Kier alpha value is -2.87. The SMILES string of the molecule is CC(NC(=O)CNC(=O)C(N)Cc1c[nH]c2ccccc12)C(=O)O. The number of rotatable bonds is 7. The number of nitrogens with two attached hydrogens (primary N) is 1. The number of benzene rings is 1. The van der Waals surface area contributed by atoms with Crippen LogP contribution in [0.3, 0.4) is 0 Å². The van der Waals surface area contributed by atoms with Gasteiger partial charge >= 0.3 is 5.97 Å². The second kappa shape index (κ2) is 7.60. The topological polar surface area (TPSA) is 137 Å². The van der Waals surface area contributed by atoms with E-state index < -0.39 is 29.9 Å². The largest absolute Gasteiger partial charge is 0.480 e. The van der Waals surface area contributed by atoms with Gasteiger partial charge in [-0.25, -0.2) is 0 Å². The van der Waals surface area contributed by atoms with E-state index >= 15 is 0 Å². The summed E-state index contributed by atoms with van der Waals surface area (Å²) in [6.45, 7) is 1.02. The zero-order valence-corrected chi connectivity index (χ0v) is 13.2. The molecule has 1 heterocycles. The maximum absolute atomic E-state index is 12.0. The van der Waals surface area contributed by atoms with E-state index in [0.717, 1.165) is 16.5 Å². The Bertz CT molecular complexity index is 755. The van der Waals surface area contributed by atoms with E-state index in [1.54, 1.807) is 6.20 Å². The third-order valence-corrected chi connectivity index (χ3v) is 3.62. The minimum Gasteiger partial charge on any atom is -0.480 e. The van der Waals surface area contributed by atoms with Crippen LogP contribution < -0.4 is 16.4 Å². The van der Waals surface area contributed by atoms with Crippen molar-refractivity contribution in [2.45, 2.75) is 25.4 Å².